The van der Waals surface area contributed by atoms with Gasteiger partial charge >= 0.3 is 0 Å². The van der Waals surface area contributed by atoms with Crippen molar-refractivity contribution in [1.29, 1.82) is 0 Å². The maximum absolute atomic E-state index is 12.5. The largest absolute Gasteiger partial charge is 0.493 e. The number of halogens is 1. The van der Waals surface area contributed by atoms with Crippen LogP contribution in [-0.2, 0) is 4.74 Å². The van der Waals surface area contributed by atoms with E-state index in [1.165, 1.54) is 0 Å². The number of anilines is 1. The van der Waals surface area contributed by atoms with E-state index in [4.69, 9.17) is 9.47 Å². The number of hydrogen-bond acceptors (Lipinski definition) is 5. The molecule has 0 bridgehead atoms. The van der Waals surface area contributed by atoms with E-state index in [1.54, 1.807) is 13.2 Å². The first-order valence-corrected chi connectivity index (χ1v) is 9.05. The number of methoxy groups -OCH3 is 1. The topological polar surface area (TPSA) is 77.4 Å². The number of carbonyl (C=O) groups excluding carboxylic acids is 1. The zero-order valence-electron chi connectivity index (χ0n) is 15.5. The van der Waals surface area contributed by atoms with Gasteiger partial charge in [-0.1, -0.05) is 6.07 Å². The highest BCUT2D eigenvalue weighted by Crippen LogP contribution is 2.19. The Morgan fingerprint density at radius 1 is 1.37 bits per heavy atom. The van der Waals surface area contributed by atoms with Crippen LogP contribution in [-0.4, -0.2) is 49.1 Å². The van der Waals surface area contributed by atoms with E-state index < -0.39 is 0 Å². The van der Waals surface area contributed by atoms with Crippen molar-refractivity contribution in [2.24, 2.45) is 0 Å². The molecule has 1 fully saturated rings. The lowest BCUT2D eigenvalue weighted by Crippen LogP contribution is -2.32. The summed E-state index contributed by atoms with van der Waals surface area (Å²) in [7, 11) is 1.67. The second-order valence-corrected chi connectivity index (χ2v) is 6.36. The molecule has 1 saturated heterocycles. The van der Waals surface area contributed by atoms with E-state index in [0.29, 0.717) is 30.6 Å². The highest BCUT2D eigenvalue weighted by Gasteiger charge is 2.17. The van der Waals surface area contributed by atoms with Crippen LogP contribution >= 0.6 is 12.4 Å². The number of nitrogens with one attached hydrogen (secondary N) is 2. The van der Waals surface area contributed by atoms with Crippen molar-refractivity contribution in [3.8, 4) is 5.75 Å². The maximum atomic E-state index is 12.5. The van der Waals surface area contributed by atoms with Gasteiger partial charge in [-0.15, -0.1) is 12.4 Å². The van der Waals surface area contributed by atoms with E-state index in [2.05, 4.69) is 15.7 Å². The molecular formula is C19H27ClN4O3. The zero-order chi connectivity index (χ0) is 18.2. The first-order chi connectivity index (χ1) is 12.8. The number of benzene rings is 1. The van der Waals surface area contributed by atoms with Gasteiger partial charge in [0.25, 0.3) is 5.91 Å². The standard InChI is InChI=1S/C19H26N4O3.ClH/c1-25-11-4-12-26-17-7-2-5-15(13-17)21-19(24)18-8-10-23(22-18)16-6-3-9-20-14-16;/h2,5,7-8,10,13,16,20H,3-4,6,9,11-12,14H2,1H3,(H,21,24);1H. The molecule has 2 heterocycles. The molecule has 1 aliphatic heterocycles. The van der Waals surface area contributed by atoms with Gasteiger partial charge in [-0.25, -0.2) is 0 Å². The number of carbonyl (C=O) groups is 1. The van der Waals surface area contributed by atoms with E-state index in [1.807, 2.05) is 35.1 Å². The fourth-order valence-electron chi connectivity index (χ4n) is 2.97. The van der Waals surface area contributed by atoms with Gasteiger partial charge < -0.3 is 20.1 Å². The number of aromatic nitrogens is 2. The monoisotopic (exact) mass is 394 g/mol. The summed E-state index contributed by atoms with van der Waals surface area (Å²) in [6.07, 6.45) is 4.91. The van der Waals surface area contributed by atoms with Gasteiger partial charge in [0.15, 0.2) is 5.69 Å². The van der Waals surface area contributed by atoms with Gasteiger partial charge in [0.1, 0.15) is 5.75 Å². The molecule has 3 rings (SSSR count). The van der Waals surface area contributed by atoms with Gasteiger partial charge in [0.2, 0.25) is 0 Å². The highest BCUT2D eigenvalue weighted by atomic mass is 35.5. The number of nitrogens with zero attached hydrogens (tertiary/aromatic N) is 2. The lowest BCUT2D eigenvalue weighted by molar-refractivity contribution is 0.102. The van der Waals surface area contributed by atoms with Gasteiger partial charge in [-0.3, -0.25) is 9.48 Å². The first kappa shape index (κ1) is 21.2. The lowest BCUT2D eigenvalue weighted by Gasteiger charge is -2.22. The summed E-state index contributed by atoms with van der Waals surface area (Å²) in [6.45, 7) is 3.18. The average molecular weight is 395 g/mol. The molecule has 2 N–H and O–H groups in total. The summed E-state index contributed by atoms with van der Waals surface area (Å²) in [5.74, 6) is 0.502. The minimum Gasteiger partial charge on any atom is -0.493 e. The molecule has 27 heavy (non-hydrogen) atoms. The molecule has 1 atom stereocenters. The lowest BCUT2D eigenvalue weighted by atomic mass is 10.1. The summed E-state index contributed by atoms with van der Waals surface area (Å²) in [6, 6.07) is 9.44. The SMILES string of the molecule is COCCCOc1cccc(NC(=O)c2ccn(C3CCCNC3)n2)c1.Cl. The van der Waals surface area contributed by atoms with Crippen LogP contribution in [0.4, 0.5) is 5.69 Å². The first-order valence-electron chi connectivity index (χ1n) is 9.05. The minimum absolute atomic E-state index is 0. The van der Waals surface area contributed by atoms with Crippen LogP contribution in [0.25, 0.3) is 0 Å². The van der Waals surface area contributed by atoms with Gasteiger partial charge in [0.05, 0.1) is 12.6 Å². The summed E-state index contributed by atoms with van der Waals surface area (Å²) in [5, 5.41) is 10.7. The van der Waals surface area contributed by atoms with Crippen molar-refractivity contribution < 1.29 is 14.3 Å². The highest BCUT2D eigenvalue weighted by molar-refractivity contribution is 6.02. The molecule has 1 aromatic carbocycles. The van der Waals surface area contributed by atoms with Crippen LogP contribution in [0.5, 0.6) is 5.75 Å². The van der Waals surface area contributed by atoms with Crippen LogP contribution in [0.1, 0.15) is 35.8 Å². The molecule has 0 saturated carbocycles. The number of ether oxygens (including phenoxy) is 2. The molecule has 0 aliphatic carbocycles. The van der Waals surface area contributed by atoms with E-state index >= 15 is 0 Å². The summed E-state index contributed by atoms with van der Waals surface area (Å²) >= 11 is 0. The Labute approximate surface area is 165 Å². The Morgan fingerprint density at radius 2 is 2.26 bits per heavy atom. The van der Waals surface area contributed by atoms with Crippen LogP contribution in [0, 0.1) is 0 Å². The fraction of sp³-hybridized carbons (Fsp3) is 0.474. The van der Waals surface area contributed by atoms with E-state index in [9.17, 15) is 4.79 Å². The van der Waals surface area contributed by atoms with Crippen LogP contribution in [0.2, 0.25) is 0 Å². The molecule has 1 aromatic heterocycles. The predicted octanol–water partition coefficient (Wildman–Crippen LogP) is 2.90. The maximum Gasteiger partial charge on any atom is 0.276 e. The van der Waals surface area contributed by atoms with Crippen molar-refractivity contribution in [3.05, 3.63) is 42.2 Å². The van der Waals surface area contributed by atoms with Crippen molar-refractivity contribution in [3.63, 3.8) is 0 Å². The zero-order valence-corrected chi connectivity index (χ0v) is 16.3. The van der Waals surface area contributed by atoms with Crippen molar-refractivity contribution in [2.45, 2.75) is 25.3 Å². The van der Waals surface area contributed by atoms with Crippen LogP contribution < -0.4 is 15.4 Å². The van der Waals surface area contributed by atoms with Gasteiger partial charge in [-0.05, 0) is 37.6 Å². The molecule has 1 amide bonds. The Kier molecular flexibility index (Phi) is 8.57. The third-order valence-electron chi connectivity index (χ3n) is 4.34. The quantitative estimate of drug-likeness (QED) is 0.673. The Hall–Kier alpha value is -2.09. The number of hydrogen-bond donors (Lipinski definition) is 2. The van der Waals surface area contributed by atoms with E-state index in [-0.39, 0.29) is 18.3 Å². The molecule has 7 nitrogen and oxygen atoms in total. The van der Waals surface area contributed by atoms with Crippen molar-refractivity contribution in [2.75, 3.05) is 38.7 Å². The molecule has 1 aliphatic rings. The second-order valence-electron chi connectivity index (χ2n) is 6.36. The minimum atomic E-state index is -0.218. The molecule has 148 valence electrons. The molecule has 8 heteroatoms. The van der Waals surface area contributed by atoms with Crippen LogP contribution in [0.15, 0.2) is 36.5 Å². The molecular weight excluding hydrogens is 368 g/mol. The van der Waals surface area contributed by atoms with Gasteiger partial charge in [-0.2, -0.15) is 5.10 Å². The Balaban J connectivity index is 0.00000261. The fourth-order valence-corrected chi connectivity index (χ4v) is 2.97. The van der Waals surface area contributed by atoms with Crippen molar-refractivity contribution >= 4 is 24.0 Å². The van der Waals surface area contributed by atoms with Gasteiger partial charge in [0, 0.05) is 44.6 Å². The Morgan fingerprint density at radius 3 is 3.04 bits per heavy atom. The second kappa shape index (κ2) is 10.9. The summed E-state index contributed by atoms with van der Waals surface area (Å²) in [4.78, 5) is 12.5. The van der Waals surface area contributed by atoms with Crippen LogP contribution in [0.3, 0.4) is 0 Å². The average Bonchev–Trinajstić information content (AvgIpc) is 3.17. The predicted molar refractivity (Wildman–Crippen MR) is 107 cm³/mol. The Bertz CT molecular complexity index is 716. The molecule has 0 radical (unpaired) electrons. The number of piperidine rings is 1. The summed E-state index contributed by atoms with van der Waals surface area (Å²) < 4.78 is 12.5. The normalized spacial score (nSPS) is 16.4. The molecule has 0 spiro atoms. The molecule has 1 unspecified atom stereocenters. The smallest absolute Gasteiger partial charge is 0.276 e. The third kappa shape index (κ3) is 6.23. The number of rotatable bonds is 8. The third-order valence-corrected chi connectivity index (χ3v) is 4.34. The molecule has 2 aromatic rings. The van der Waals surface area contributed by atoms with E-state index in [0.717, 1.165) is 38.1 Å². The van der Waals surface area contributed by atoms with Crippen molar-refractivity contribution in [1.82, 2.24) is 15.1 Å². The summed E-state index contributed by atoms with van der Waals surface area (Å²) in [5.41, 5.74) is 1.11. The number of amides is 1.